The molecular formula is C12H20O. The Balaban J connectivity index is 1.83. The van der Waals surface area contributed by atoms with E-state index in [0.717, 1.165) is 5.92 Å². The highest BCUT2D eigenvalue weighted by Gasteiger charge is 2.30. The summed E-state index contributed by atoms with van der Waals surface area (Å²) >= 11 is 0. The minimum Gasteiger partial charge on any atom is -0.371 e. The molecule has 74 valence electrons. The van der Waals surface area contributed by atoms with E-state index in [1.54, 1.807) is 0 Å². The summed E-state index contributed by atoms with van der Waals surface area (Å²) in [5, 5.41) is 0. The van der Waals surface area contributed by atoms with Gasteiger partial charge in [-0.3, -0.25) is 0 Å². The van der Waals surface area contributed by atoms with E-state index < -0.39 is 0 Å². The maximum Gasteiger partial charge on any atom is 0.0758 e. The van der Waals surface area contributed by atoms with Crippen LogP contribution in [0, 0.1) is 5.92 Å². The summed E-state index contributed by atoms with van der Waals surface area (Å²) in [6, 6.07) is 0. The zero-order chi connectivity index (χ0) is 9.10. The van der Waals surface area contributed by atoms with Crippen molar-refractivity contribution in [2.24, 2.45) is 5.92 Å². The lowest BCUT2D eigenvalue weighted by molar-refractivity contribution is 0.0196. The van der Waals surface area contributed by atoms with Crippen molar-refractivity contribution in [3.8, 4) is 0 Å². The molecule has 0 amide bonds. The molecule has 2 atom stereocenters. The molecule has 0 spiro atoms. The van der Waals surface area contributed by atoms with Crippen molar-refractivity contribution in [1.29, 1.82) is 0 Å². The first-order chi connectivity index (χ1) is 6.40. The van der Waals surface area contributed by atoms with E-state index in [1.165, 1.54) is 44.9 Å². The molecule has 1 aliphatic carbocycles. The number of rotatable bonds is 2. The molecule has 0 bridgehead atoms. The molecule has 1 heterocycles. The van der Waals surface area contributed by atoms with Gasteiger partial charge in [-0.15, -0.1) is 6.58 Å². The molecule has 0 unspecified atom stereocenters. The third-order valence-corrected chi connectivity index (χ3v) is 3.52. The number of hydrogen-bond acceptors (Lipinski definition) is 1. The SMILES string of the molecule is C=C[C@H]1CC[C@@H](C2CCCCC2)O1. The van der Waals surface area contributed by atoms with E-state index >= 15 is 0 Å². The largest absolute Gasteiger partial charge is 0.371 e. The average Bonchev–Trinajstić information content (AvgIpc) is 2.67. The zero-order valence-corrected chi connectivity index (χ0v) is 8.37. The second kappa shape index (κ2) is 4.28. The molecule has 0 radical (unpaired) electrons. The highest BCUT2D eigenvalue weighted by Crippen LogP contribution is 2.34. The Hall–Kier alpha value is -0.300. The van der Waals surface area contributed by atoms with Gasteiger partial charge in [-0.25, -0.2) is 0 Å². The molecule has 0 N–H and O–H groups in total. The fourth-order valence-corrected chi connectivity index (χ4v) is 2.72. The van der Waals surface area contributed by atoms with Gasteiger partial charge in [0.1, 0.15) is 0 Å². The van der Waals surface area contributed by atoms with Gasteiger partial charge >= 0.3 is 0 Å². The summed E-state index contributed by atoms with van der Waals surface area (Å²) in [7, 11) is 0. The minimum absolute atomic E-state index is 0.354. The quantitative estimate of drug-likeness (QED) is 0.592. The van der Waals surface area contributed by atoms with Gasteiger partial charge in [0, 0.05) is 0 Å². The van der Waals surface area contributed by atoms with E-state index in [0.29, 0.717) is 12.2 Å². The molecule has 1 saturated heterocycles. The van der Waals surface area contributed by atoms with Crippen molar-refractivity contribution < 1.29 is 4.74 Å². The molecule has 1 heteroatoms. The van der Waals surface area contributed by atoms with Crippen LogP contribution in [0.3, 0.4) is 0 Å². The van der Waals surface area contributed by atoms with Crippen LogP contribution in [0.5, 0.6) is 0 Å². The Morgan fingerprint density at radius 3 is 2.38 bits per heavy atom. The van der Waals surface area contributed by atoms with Crippen LogP contribution in [0.25, 0.3) is 0 Å². The Labute approximate surface area is 81.2 Å². The van der Waals surface area contributed by atoms with E-state index in [9.17, 15) is 0 Å². The standard InChI is InChI=1S/C12H20O/c1-2-11-8-9-12(13-11)10-6-4-3-5-7-10/h2,10-12H,1,3-9H2/t11-,12-/m0/s1. The molecule has 0 aromatic heterocycles. The topological polar surface area (TPSA) is 9.23 Å². The lowest BCUT2D eigenvalue weighted by Crippen LogP contribution is -2.23. The lowest BCUT2D eigenvalue weighted by Gasteiger charge is -2.27. The van der Waals surface area contributed by atoms with Gasteiger partial charge in [0.05, 0.1) is 12.2 Å². The molecule has 13 heavy (non-hydrogen) atoms. The normalized spacial score (nSPS) is 36.3. The van der Waals surface area contributed by atoms with Crippen molar-refractivity contribution in [2.45, 2.75) is 57.2 Å². The van der Waals surface area contributed by atoms with Crippen LogP contribution < -0.4 is 0 Å². The lowest BCUT2D eigenvalue weighted by atomic mass is 9.84. The maximum absolute atomic E-state index is 5.93. The van der Waals surface area contributed by atoms with E-state index in [2.05, 4.69) is 6.58 Å². The summed E-state index contributed by atoms with van der Waals surface area (Å²) in [4.78, 5) is 0. The molecular weight excluding hydrogens is 160 g/mol. The highest BCUT2D eigenvalue weighted by molar-refractivity contribution is 4.89. The molecule has 1 nitrogen and oxygen atoms in total. The first kappa shape index (κ1) is 9.26. The second-order valence-electron chi connectivity index (χ2n) is 4.42. The summed E-state index contributed by atoms with van der Waals surface area (Å²) in [5.74, 6) is 0.860. The zero-order valence-electron chi connectivity index (χ0n) is 8.37. The first-order valence-corrected chi connectivity index (χ1v) is 5.68. The monoisotopic (exact) mass is 180 g/mol. The Morgan fingerprint density at radius 1 is 1.00 bits per heavy atom. The maximum atomic E-state index is 5.93. The predicted octanol–water partition coefficient (Wildman–Crippen LogP) is 3.30. The second-order valence-corrected chi connectivity index (χ2v) is 4.42. The molecule has 1 aliphatic heterocycles. The van der Waals surface area contributed by atoms with Crippen LogP contribution in [0.4, 0.5) is 0 Å². The van der Waals surface area contributed by atoms with E-state index in [4.69, 9.17) is 4.74 Å². The number of hydrogen-bond donors (Lipinski definition) is 0. The van der Waals surface area contributed by atoms with Crippen LogP contribution >= 0.6 is 0 Å². The van der Waals surface area contributed by atoms with Crippen molar-refractivity contribution >= 4 is 0 Å². The Morgan fingerprint density at radius 2 is 1.77 bits per heavy atom. The number of ether oxygens (including phenoxy) is 1. The van der Waals surface area contributed by atoms with Gasteiger partial charge in [0.15, 0.2) is 0 Å². The fourth-order valence-electron chi connectivity index (χ4n) is 2.72. The van der Waals surface area contributed by atoms with Crippen molar-refractivity contribution in [2.75, 3.05) is 0 Å². The summed E-state index contributed by atoms with van der Waals surface area (Å²) in [6.45, 7) is 3.80. The molecule has 0 aromatic carbocycles. The van der Waals surface area contributed by atoms with Gasteiger partial charge < -0.3 is 4.74 Å². The van der Waals surface area contributed by atoms with Gasteiger partial charge in [-0.1, -0.05) is 25.3 Å². The molecule has 2 rings (SSSR count). The smallest absolute Gasteiger partial charge is 0.0758 e. The van der Waals surface area contributed by atoms with Crippen LogP contribution in [0.1, 0.15) is 44.9 Å². The minimum atomic E-state index is 0.354. The van der Waals surface area contributed by atoms with Crippen molar-refractivity contribution in [3.63, 3.8) is 0 Å². The average molecular weight is 180 g/mol. The summed E-state index contributed by atoms with van der Waals surface area (Å²) in [5.41, 5.74) is 0. The van der Waals surface area contributed by atoms with Gasteiger partial charge in [0.2, 0.25) is 0 Å². The third-order valence-electron chi connectivity index (χ3n) is 3.52. The van der Waals surface area contributed by atoms with Gasteiger partial charge in [-0.05, 0) is 31.6 Å². The van der Waals surface area contributed by atoms with E-state index in [-0.39, 0.29) is 0 Å². The van der Waals surface area contributed by atoms with Crippen LogP contribution in [0.15, 0.2) is 12.7 Å². The van der Waals surface area contributed by atoms with Crippen LogP contribution in [-0.2, 0) is 4.74 Å². The van der Waals surface area contributed by atoms with E-state index in [1.807, 2.05) is 6.08 Å². The predicted molar refractivity (Wildman–Crippen MR) is 54.7 cm³/mol. The fraction of sp³-hybridized carbons (Fsp3) is 0.833. The third kappa shape index (κ3) is 2.14. The Kier molecular flexibility index (Phi) is 3.05. The van der Waals surface area contributed by atoms with Gasteiger partial charge in [0.25, 0.3) is 0 Å². The van der Waals surface area contributed by atoms with Crippen molar-refractivity contribution in [3.05, 3.63) is 12.7 Å². The molecule has 1 saturated carbocycles. The first-order valence-electron chi connectivity index (χ1n) is 5.68. The summed E-state index contributed by atoms with van der Waals surface area (Å²) in [6.07, 6.45) is 12.4. The molecule has 2 fully saturated rings. The summed E-state index contributed by atoms with van der Waals surface area (Å²) < 4.78 is 5.93. The molecule has 0 aromatic rings. The Bertz CT molecular complexity index is 170. The highest BCUT2D eigenvalue weighted by atomic mass is 16.5. The van der Waals surface area contributed by atoms with Crippen molar-refractivity contribution in [1.82, 2.24) is 0 Å². The van der Waals surface area contributed by atoms with Crippen LogP contribution in [-0.4, -0.2) is 12.2 Å². The van der Waals surface area contributed by atoms with Gasteiger partial charge in [-0.2, -0.15) is 0 Å². The van der Waals surface area contributed by atoms with Crippen LogP contribution in [0.2, 0.25) is 0 Å². The molecule has 2 aliphatic rings.